The highest BCUT2D eigenvalue weighted by atomic mass is 16.7. The van der Waals surface area contributed by atoms with E-state index in [9.17, 15) is 24.0 Å². The molecule has 1 saturated heterocycles. The second-order valence-electron chi connectivity index (χ2n) is 7.92. The third kappa shape index (κ3) is 10.2. The van der Waals surface area contributed by atoms with Gasteiger partial charge in [0.2, 0.25) is 0 Å². The van der Waals surface area contributed by atoms with E-state index in [1.54, 1.807) is 20.8 Å². The molecule has 35 heavy (non-hydrogen) atoms. The van der Waals surface area contributed by atoms with E-state index in [2.05, 4.69) is 0 Å². The lowest BCUT2D eigenvalue weighted by atomic mass is 9.90. The Morgan fingerprint density at radius 2 is 1.34 bits per heavy atom. The fraction of sp³-hybridized carbons (Fsp3) is 0.783. The van der Waals surface area contributed by atoms with Gasteiger partial charge in [0.05, 0.1) is 13.2 Å². The Morgan fingerprint density at radius 3 is 1.83 bits per heavy atom. The molecule has 1 heterocycles. The Balaban J connectivity index is 2.92. The highest BCUT2D eigenvalue weighted by molar-refractivity contribution is 5.94. The van der Waals surface area contributed by atoms with E-state index >= 15 is 0 Å². The van der Waals surface area contributed by atoms with E-state index in [1.165, 1.54) is 20.8 Å². The first-order chi connectivity index (χ1) is 16.5. The Hall–Kier alpha value is -2.73. The molecule has 1 aliphatic rings. The van der Waals surface area contributed by atoms with E-state index in [4.69, 9.17) is 33.2 Å². The van der Waals surface area contributed by atoms with Gasteiger partial charge in [0.15, 0.2) is 18.3 Å². The van der Waals surface area contributed by atoms with Crippen LogP contribution in [0.1, 0.15) is 54.4 Å². The number of carbonyl (C=O) groups excluding carboxylic acids is 5. The normalized spacial score (nSPS) is 23.8. The minimum absolute atomic E-state index is 0.0307. The van der Waals surface area contributed by atoms with Crippen molar-refractivity contribution in [2.75, 3.05) is 26.4 Å². The smallest absolute Gasteiger partial charge is 0.320 e. The van der Waals surface area contributed by atoms with Crippen molar-refractivity contribution in [3.8, 4) is 0 Å². The number of esters is 5. The first-order valence-corrected chi connectivity index (χ1v) is 11.6. The highest BCUT2D eigenvalue weighted by Gasteiger charge is 2.48. The number of rotatable bonds is 13. The largest absolute Gasteiger partial charge is 0.465 e. The Labute approximate surface area is 204 Å². The first-order valence-electron chi connectivity index (χ1n) is 11.6. The molecule has 0 radical (unpaired) electrons. The van der Waals surface area contributed by atoms with Crippen LogP contribution in [0.4, 0.5) is 0 Å². The summed E-state index contributed by atoms with van der Waals surface area (Å²) in [7, 11) is 0. The summed E-state index contributed by atoms with van der Waals surface area (Å²) in [5.41, 5.74) is 0. The summed E-state index contributed by atoms with van der Waals surface area (Å²) in [6, 6.07) is 0. The highest BCUT2D eigenvalue weighted by Crippen LogP contribution is 2.32. The maximum Gasteiger partial charge on any atom is 0.320 e. The molecule has 0 aliphatic carbocycles. The van der Waals surface area contributed by atoms with Gasteiger partial charge in [0.1, 0.15) is 18.8 Å². The Kier molecular flexibility index (Phi) is 13.2. The fourth-order valence-electron chi connectivity index (χ4n) is 3.60. The summed E-state index contributed by atoms with van der Waals surface area (Å²) in [5.74, 6) is -4.75. The van der Waals surface area contributed by atoms with Gasteiger partial charge in [0.25, 0.3) is 0 Å². The molecule has 5 atom stereocenters. The molecular weight excluding hydrogens is 468 g/mol. The molecule has 0 N–H and O–H groups in total. The molecular formula is C23H36O12. The van der Waals surface area contributed by atoms with Gasteiger partial charge in [-0.15, -0.1) is 0 Å². The summed E-state index contributed by atoms with van der Waals surface area (Å²) in [4.78, 5) is 58.9. The third-order valence-corrected chi connectivity index (χ3v) is 5.10. The second-order valence-corrected chi connectivity index (χ2v) is 7.92. The topological polar surface area (TPSA) is 150 Å². The van der Waals surface area contributed by atoms with Crippen molar-refractivity contribution < 1.29 is 57.1 Å². The number of hydrogen-bond acceptors (Lipinski definition) is 12. The van der Waals surface area contributed by atoms with Gasteiger partial charge in [-0.3, -0.25) is 24.0 Å². The van der Waals surface area contributed by atoms with Gasteiger partial charge in [-0.2, -0.15) is 0 Å². The van der Waals surface area contributed by atoms with Crippen LogP contribution in [0.2, 0.25) is 0 Å². The van der Waals surface area contributed by atoms with Gasteiger partial charge < -0.3 is 33.2 Å². The van der Waals surface area contributed by atoms with Crippen molar-refractivity contribution in [3.05, 3.63) is 0 Å². The van der Waals surface area contributed by atoms with Crippen LogP contribution in [0.5, 0.6) is 0 Å². The number of carbonyl (C=O) groups is 5. The average Bonchev–Trinajstić information content (AvgIpc) is 2.76. The van der Waals surface area contributed by atoms with Crippen LogP contribution in [0, 0.1) is 11.8 Å². The predicted octanol–water partition coefficient (Wildman–Crippen LogP) is 1.31. The lowest BCUT2D eigenvalue weighted by Crippen LogP contribution is -2.58. The molecule has 0 amide bonds. The molecule has 0 bridgehead atoms. The van der Waals surface area contributed by atoms with Crippen LogP contribution >= 0.6 is 0 Å². The molecule has 12 nitrogen and oxygen atoms in total. The summed E-state index contributed by atoms with van der Waals surface area (Å²) in [6.45, 7) is 8.70. The SMILES string of the molecule is CCOC(=O)C(CCCOC1O[C@H](COC(C)=O)[C@H](OC(C)=O)[C@H](C)[C@H]1OC(C)=O)C(=O)OCC. The van der Waals surface area contributed by atoms with Crippen LogP contribution in [0.15, 0.2) is 0 Å². The Bertz CT molecular complexity index is 716. The first kappa shape index (κ1) is 30.3. The van der Waals surface area contributed by atoms with Gasteiger partial charge in [0, 0.05) is 33.3 Å². The monoisotopic (exact) mass is 504 g/mol. The minimum atomic E-state index is -1.10. The van der Waals surface area contributed by atoms with Gasteiger partial charge in [-0.25, -0.2) is 0 Å². The molecule has 1 unspecified atom stereocenters. The zero-order valence-electron chi connectivity index (χ0n) is 21.1. The maximum atomic E-state index is 12.1. The van der Waals surface area contributed by atoms with Gasteiger partial charge in [-0.1, -0.05) is 6.92 Å². The van der Waals surface area contributed by atoms with E-state index in [0.29, 0.717) is 0 Å². The molecule has 0 aromatic heterocycles. The van der Waals surface area contributed by atoms with Gasteiger partial charge in [-0.05, 0) is 26.7 Å². The molecule has 0 aromatic carbocycles. The van der Waals surface area contributed by atoms with Crippen LogP contribution in [-0.4, -0.2) is 80.9 Å². The molecule has 1 aliphatic heterocycles. The molecule has 0 saturated carbocycles. The number of ether oxygens (including phenoxy) is 7. The van der Waals surface area contributed by atoms with Gasteiger partial charge >= 0.3 is 29.8 Å². The van der Waals surface area contributed by atoms with Crippen molar-refractivity contribution in [1.29, 1.82) is 0 Å². The third-order valence-electron chi connectivity index (χ3n) is 5.10. The zero-order chi connectivity index (χ0) is 26.5. The quantitative estimate of drug-likeness (QED) is 0.154. The van der Waals surface area contributed by atoms with Crippen LogP contribution in [0.3, 0.4) is 0 Å². The summed E-state index contributed by atoms with van der Waals surface area (Å²) in [6.07, 6.45) is -3.40. The summed E-state index contributed by atoms with van der Waals surface area (Å²) < 4.78 is 37.4. The minimum Gasteiger partial charge on any atom is -0.465 e. The standard InChI is InChI=1S/C23H36O12/c1-7-29-21(27)17(22(28)30-8-2)10-9-11-31-23-20(34-16(6)26)13(3)19(33-15(5)25)18(35-23)12-32-14(4)24/h13,17-20,23H,7-12H2,1-6H3/t13-,18+,19+,20+,23?/m0/s1. The maximum absolute atomic E-state index is 12.1. The van der Waals surface area contributed by atoms with Crippen LogP contribution in [0.25, 0.3) is 0 Å². The molecule has 200 valence electrons. The zero-order valence-corrected chi connectivity index (χ0v) is 21.1. The lowest BCUT2D eigenvalue weighted by molar-refractivity contribution is -0.294. The fourth-order valence-corrected chi connectivity index (χ4v) is 3.60. The van der Waals surface area contributed by atoms with Crippen molar-refractivity contribution in [2.24, 2.45) is 11.8 Å². The number of hydrogen-bond donors (Lipinski definition) is 0. The van der Waals surface area contributed by atoms with E-state index in [-0.39, 0.29) is 39.3 Å². The van der Waals surface area contributed by atoms with Crippen molar-refractivity contribution in [2.45, 2.75) is 79.0 Å². The molecule has 12 heteroatoms. The second kappa shape index (κ2) is 15.3. The van der Waals surface area contributed by atoms with Crippen LogP contribution in [-0.2, 0) is 57.1 Å². The molecule has 1 fully saturated rings. The predicted molar refractivity (Wildman–Crippen MR) is 118 cm³/mol. The van der Waals surface area contributed by atoms with E-state index in [0.717, 1.165) is 0 Å². The average molecular weight is 505 g/mol. The molecule has 1 rings (SSSR count). The van der Waals surface area contributed by atoms with Crippen LogP contribution < -0.4 is 0 Å². The molecule has 0 spiro atoms. The molecule has 0 aromatic rings. The van der Waals surface area contributed by atoms with Crippen molar-refractivity contribution in [1.82, 2.24) is 0 Å². The van der Waals surface area contributed by atoms with E-state index < -0.39 is 66.3 Å². The van der Waals surface area contributed by atoms with E-state index in [1.807, 2.05) is 0 Å². The Morgan fingerprint density at radius 1 is 0.800 bits per heavy atom. The van der Waals surface area contributed by atoms with Crippen molar-refractivity contribution in [3.63, 3.8) is 0 Å². The lowest BCUT2D eigenvalue weighted by Gasteiger charge is -2.43. The summed E-state index contributed by atoms with van der Waals surface area (Å²) in [5, 5.41) is 0. The van der Waals surface area contributed by atoms with Crippen molar-refractivity contribution >= 4 is 29.8 Å². The summed E-state index contributed by atoms with van der Waals surface area (Å²) >= 11 is 0.